The van der Waals surface area contributed by atoms with Gasteiger partial charge < -0.3 is 15.3 Å². The van der Waals surface area contributed by atoms with Crippen LogP contribution in [0.1, 0.15) is 30.3 Å². The van der Waals surface area contributed by atoms with Gasteiger partial charge in [0, 0.05) is 32.4 Å². The van der Waals surface area contributed by atoms with E-state index >= 15 is 0 Å². The van der Waals surface area contributed by atoms with Crippen molar-refractivity contribution >= 4 is 6.03 Å². The predicted octanol–water partition coefficient (Wildman–Crippen LogP) is 0.993. The highest BCUT2D eigenvalue weighted by atomic mass is 16.3. The first kappa shape index (κ1) is 16.5. The highest BCUT2D eigenvalue weighted by Crippen LogP contribution is 2.13. The number of hydrogen-bond acceptors (Lipinski definition) is 3. The molecule has 0 aromatic carbocycles. The third-order valence-electron chi connectivity index (χ3n) is 3.58. The second-order valence-electron chi connectivity index (χ2n) is 4.91. The van der Waals surface area contributed by atoms with Crippen LogP contribution in [0.3, 0.4) is 0 Å². The maximum atomic E-state index is 11.8. The van der Waals surface area contributed by atoms with Crippen molar-refractivity contribution in [3.05, 3.63) is 17.0 Å². The van der Waals surface area contributed by atoms with E-state index in [1.165, 1.54) is 11.3 Å². The number of amides is 2. The summed E-state index contributed by atoms with van der Waals surface area (Å²) in [6, 6.07) is -0.110. The Bertz CT molecular complexity index is 443. The topological polar surface area (TPSA) is 70.4 Å². The van der Waals surface area contributed by atoms with Crippen molar-refractivity contribution in [2.24, 2.45) is 7.05 Å². The van der Waals surface area contributed by atoms with Crippen LogP contribution in [0.25, 0.3) is 0 Å². The first-order chi connectivity index (χ1) is 9.51. The Balaban J connectivity index is 2.36. The van der Waals surface area contributed by atoms with Crippen molar-refractivity contribution in [1.82, 2.24) is 20.0 Å². The van der Waals surface area contributed by atoms with E-state index in [4.69, 9.17) is 5.11 Å². The van der Waals surface area contributed by atoms with Gasteiger partial charge >= 0.3 is 6.03 Å². The lowest BCUT2D eigenvalue weighted by Crippen LogP contribution is -2.41. The maximum Gasteiger partial charge on any atom is 0.317 e. The molecule has 0 aliphatic carbocycles. The molecule has 0 bridgehead atoms. The number of aryl methyl sites for hydroxylation is 2. The van der Waals surface area contributed by atoms with E-state index in [0.717, 1.165) is 18.5 Å². The Morgan fingerprint density at radius 3 is 2.65 bits per heavy atom. The number of rotatable bonds is 7. The molecule has 2 amide bonds. The van der Waals surface area contributed by atoms with Gasteiger partial charge in [-0.2, -0.15) is 5.10 Å². The number of hydrogen-bond donors (Lipinski definition) is 2. The summed E-state index contributed by atoms with van der Waals surface area (Å²) in [4.78, 5) is 13.4. The Labute approximate surface area is 120 Å². The highest BCUT2D eigenvalue weighted by Gasteiger charge is 2.11. The minimum Gasteiger partial charge on any atom is -0.395 e. The maximum absolute atomic E-state index is 11.8. The summed E-state index contributed by atoms with van der Waals surface area (Å²) in [5.74, 6) is 0. The molecular formula is C14H26N4O2. The van der Waals surface area contributed by atoms with E-state index in [-0.39, 0.29) is 12.6 Å². The zero-order chi connectivity index (χ0) is 15.1. The van der Waals surface area contributed by atoms with Crippen molar-refractivity contribution in [3.63, 3.8) is 0 Å². The fraction of sp³-hybridized carbons (Fsp3) is 0.714. The van der Waals surface area contributed by atoms with Crippen LogP contribution in [0.4, 0.5) is 4.79 Å². The zero-order valence-electron chi connectivity index (χ0n) is 12.9. The fourth-order valence-electron chi connectivity index (χ4n) is 2.28. The van der Waals surface area contributed by atoms with Crippen LogP contribution in [0.5, 0.6) is 0 Å². The lowest BCUT2D eigenvalue weighted by molar-refractivity contribution is 0.180. The normalized spacial score (nSPS) is 10.7. The molecule has 2 N–H and O–H groups in total. The number of likely N-dealkylation sites (N-methyl/N-ethyl adjacent to an activating group) is 1. The first-order valence-corrected chi connectivity index (χ1v) is 7.14. The smallest absolute Gasteiger partial charge is 0.317 e. The first-order valence-electron chi connectivity index (χ1n) is 7.14. The largest absolute Gasteiger partial charge is 0.395 e. The highest BCUT2D eigenvalue weighted by molar-refractivity contribution is 5.74. The molecule has 0 radical (unpaired) electrons. The summed E-state index contributed by atoms with van der Waals surface area (Å²) in [6.45, 7) is 7.59. The molecule has 0 saturated heterocycles. The molecule has 0 saturated carbocycles. The number of nitrogens with one attached hydrogen (secondary N) is 1. The lowest BCUT2D eigenvalue weighted by atomic mass is 10.1. The molecule has 0 aliphatic heterocycles. The predicted molar refractivity (Wildman–Crippen MR) is 78.7 cm³/mol. The Hall–Kier alpha value is -1.56. The van der Waals surface area contributed by atoms with Gasteiger partial charge in [0.2, 0.25) is 0 Å². The van der Waals surface area contributed by atoms with Crippen molar-refractivity contribution in [1.29, 1.82) is 0 Å². The van der Waals surface area contributed by atoms with Crippen molar-refractivity contribution in [3.8, 4) is 0 Å². The second-order valence-corrected chi connectivity index (χ2v) is 4.91. The molecule has 0 spiro atoms. The zero-order valence-corrected chi connectivity index (χ0v) is 12.9. The average molecular weight is 282 g/mol. The van der Waals surface area contributed by atoms with E-state index < -0.39 is 0 Å². The molecule has 20 heavy (non-hydrogen) atoms. The molecule has 0 fully saturated rings. The van der Waals surface area contributed by atoms with Gasteiger partial charge in [0.25, 0.3) is 0 Å². The molecule has 6 nitrogen and oxygen atoms in total. The molecule has 1 aromatic heterocycles. The van der Waals surface area contributed by atoms with Crippen LogP contribution in [0.15, 0.2) is 0 Å². The summed E-state index contributed by atoms with van der Waals surface area (Å²) in [5, 5.41) is 16.1. The third-order valence-corrected chi connectivity index (χ3v) is 3.58. The second kappa shape index (κ2) is 7.89. The molecule has 1 heterocycles. The van der Waals surface area contributed by atoms with Gasteiger partial charge in [0.1, 0.15) is 0 Å². The van der Waals surface area contributed by atoms with Gasteiger partial charge in [-0.1, -0.05) is 0 Å². The minimum atomic E-state index is -0.110. The molecule has 0 atom stereocenters. The number of urea groups is 1. The van der Waals surface area contributed by atoms with E-state index in [0.29, 0.717) is 19.6 Å². The Kier molecular flexibility index (Phi) is 6.51. The van der Waals surface area contributed by atoms with Crippen molar-refractivity contribution in [2.45, 2.75) is 33.6 Å². The number of carbonyl (C=O) groups is 1. The van der Waals surface area contributed by atoms with E-state index in [9.17, 15) is 4.79 Å². The van der Waals surface area contributed by atoms with Gasteiger partial charge in [0.05, 0.1) is 12.3 Å². The van der Waals surface area contributed by atoms with Gasteiger partial charge in [-0.3, -0.25) is 4.68 Å². The summed E-state index contributed by atoms with van der Waals surface area (Å²) in [7, 11) is 1.95. The van der Waals surface area contributed by atoms with Crippen LogP contribution in [0, 0.1) is 13.8 Å². The quantitative estimate of drug-likeness (QED) is 0.733. The lowest BCUT2D eigenvalue weighted by Gasteiger charge is -2.20. The van der Waals surface area contributed by atoms with Crippen LogP contribution < -0.4 is 5.32 Å². The van der Waals surface area contributed by atoms with E-state index in [1.54, 1.807) is 4.90 Å². The van der Waals surface area contributed by atoms with Crippen molar-refractivity contribution < 1.29 is 9.90 Å². The van der Waals surface area contributed by atoms with Gasteiger partial charge in [-0.15, -0.1) is 0 Å². The molecule has 1 aromatic rings. The summed E-state index contributed by atoms with van der Waals surface area (Å²) in [5.41, 5.74) is 3.51. The minimum absolute atomic E-state index is 0.00463. The summed E-state index contributed by atoms with van der Waals surface area (Å²) >= 11 is 0. The standard InChI is InChI=1S/C14H26N4O2/c1-5-18(9-10-19)14(20)15-8-6-7-13-11(2)16-17(4)12(13)3/h19H,5-10H2,1-4H3,(H,15,20). The van der Waals surface area contributed by atoms with Crippen LogP contribution in [-0.2, 0) is 13.5 Å². The molecule has 114 valence electrons. The number of aromatic nitrogens is 2. The molecule has 0 aliphatic rings. The molecule has 6 heteroatoms. The fourth-order valence-corrected chi connectivity index (χ4v) is 2.28. The van der Waals surface area contributed by atoms with Crippen LogP contribution in [-0.4, -0.2) is 52.1 Å². The Morgan fingerprint density at radius 1 is 1.45 bits per heavy atom. The van der Waals surface area contributed by atoms with E-state index in [1.807, 2.05) is 25.6 Å². The Morgan fingerprint density at radius 2 is 2.15 bits per heavy atom. The molecule has 1 rings (SSSR count). The summed E-state index contributed by atoms with van der Waals surface area (Å²) < 4.78 is 1.89. The van der Waals surface area contributed by atoms with Crippen molar-refractivity contribution in [2.75, 3.05) is 26.2 Å². The monoisotopic (exact) mass is 282 g/mol. The van der Waals surface area contributed by atoms with Gasteiger partial charge in [-0.25, -0.2) is 4.79 Å². The number of aliphatic hydroxyl groups is 1. The van der Waals surface area contributed by atoms with Gasteiger partial charge in [0.15, 0.2) is 0 Å². The molecule has 0 unspecified atom stereocenters. The molecular weight excluding hydrogens is 256 g/mol. The van der Waals surface area contributed by atoms with Crippen LogP contribution >= 0.6 is 0 Å². The van der Waals surface area contributed by atoms with E-state index in [2.05, 4.69) is 17.3 Å². The van der Waals surface area contributed by atoms with Gasteiger partial charge in [-0.05, 0) is 39.2 Å². The average Bonchev–Trinajstić information content (AvgIpc) is 2.66. The van der Waals surface area contributed by atoms with Crippen LogP contribution in [0.2, 0.25) is 0 Å². The number of carbonyl (C=O) groups excluding carboxylic acids is 1. The SMILES string of the molecule is CCN(CCO)C(=O)NCCCc1c(C)nn(C)c1C. The third kappa shape index (κ3) is 4.23. The number of nitrogens with zero attached hydrogens (tertiary/aromatic N) is 3. The number of aliphatic hydroxyl groups excluding tert-OH is 1. The summed E-state index contributed by atoms with van der Waals surface area (Å²) in [6.07, 6.45) is 1.80.